The van der Waals surface area contributed by atoms with Crippen LogP contribution in [0.15, 0.2) is 30.3 Å². The molecular weight excluding hydrogens is 222 g/mol. The van der Waals surface area contributed by atoms with Crippen LogP contribution in [0.25, 0.3) is 0 Å². The van der Waals surface area contributed by atoms with Crippen LogP contribution in [0.5, 0.6) is 0 Å². The molecule has 18 heavy (non-hydrogen) atoms. The van der Waals surface area contributed by atoms with E-state index in [4.69, 9.17) is 0 Å². The van der Waals surface area contributed by atoms with Crippen LogP contribution in [0.1, 0.15) is 31.7 Å². The quantitative estimate of drug-likeness (QED) is 0.795. The normalized spacial score (nSPS) is 17.8. The predicted molar refractivity (Wildman–Crippen MR) is 74.6 cm³/mol. The van der Waals surface area contributed by atoms with Crippen LogP contribution in [0, 0.1) is 5.92 Å². The van der Waals surface area contributed by atoms with Crippen molar-refractivity contribution in [2.75, 3.05) is 19.6 Å². The lowest BCUT2D eigenvalue weighted by molar-refractivity contribution is -0.124. The van der Waals surface area contributed by atoms with Gasteiger partial charge in [-0.15, -0.1) is 0 Å². The fraction of sp³-hybridized carbons (Fsp3) is 0.562. The first-order valence-electron chi connectivity index (χ1n) is 7.08. The van der Waals surface area contributed by atoms with E-state index in [1.165, 1.54) is 5.56 Å². The Labute approximate surface area is 110 Å². The molecule has 98 valence electrons. The maximum absolute atomic E-state index is 12.1. The van der Waals surface area contributed by atoms with Gasteiger partial charge in [0.05, 0.1) is 0 Å². The standard InChI is InChI=1S/C16H23NO/c1-2-17-12-10-15(11-13-17)16(18)9-8-14-6-4-3-5-7-14/h3-7,15H,2,8-13H2,1H3. The molecule has 0 aliphatic carbocycles. The number of carbonyl (C=O) groups is 1. The minimum Gasteiger partial charge on any atom is -0.304 e. The van der Waals surface area contributed by atoms with Crippen molar-refractivity contribution < 1.29 is 4.79 Å². The molecule has 0 radical (unpaired) electrons. The Balaban J connectivity index is 1.75. The van der Waals surface area contributed by atoms with E-state index >= 15 is 0 Å². The van der Waals surface area contributed by atoms with E-state index in [0.29, 0.717) is 18.1 Å². The fourth-order valence-corrected chi connectivity index (χ4v) is 2.69. The summed E-state index contributed by atoms with van der Waals surface area (Å²) in [7, 11) is 0. The number of aryl methyl sites for hydroxylation is 1. The van der Waals surface area contributed by atoms with Crippen LogP contribution < -0.4 is 0 Å². The summed E-state index contributed by atoms with van der Waals surface area (Å²) in [4.78, 5) is 14.6. The smallest absolute Gasteiger partial charge is 0.136 e. The third-order valence-electron chi connectivity index (χ3n) is 3.99. The first kappa shape index (κ1) is 13.3. The number of hydrogen-bond acceptors (Lipinski definition) is 2. The number of hydrogen-bond donors (Lipinski definition) is 0. The van der Waals surface area contributed by atoms with E-state index in [9.17, 15) is 4.79 Å². The number of likely N-dealkylation sites (tertiary alicyclic amines) is 1. The zero-order valence-electron chi connectivity index (χ0n) is 11.3. The molecule has 2 nitrogen and oxygen atoms in total. The van der Waals surface area contributed by atoms with Gasteiger partial charge in [0.1, 0.15) is 5.78 Å². The van der Waals surface area contributed by atoms with Gasteiger partial charge in [-0.3, -0.25) is 4.79 Å². The summed E-state index contributed by atoms with van der Waals surface area (Å²) in [5, 5.41) is 0. The number of carbonyl (C=O) groups excluding carboxylic acids is 1. The fourth-order valence-electron chi connectivity index (χ4n) is 2.69. The Morgan fingerprint density at radius 1 is 1.22 bits per heavy atom. The van der Waals surface area contributed by atoms with E-state index in [1.807, 2.05) is 18.2 Å². The highest BCUT2D eigenvalue weighted by molar-refractivity contribution is 5.81. The lowest BCUT2D eigenvalue weighted by Crippen LogP contribution is -2.36. The van der Waals surface area contributed by atoms with Gasteiger partial charge in [-0.2, -0.15) is 0 Å². The van der Waals surface area contributed by atoms with Crippen LogP contribution in [-0.2, 0) is 11.2 Å². The summed E-state index contributed by atoms with van der Waals surface area (Å²) in [6.07, 6.45) is 3.72. The second-order valence-electron chi connectivity index (χ2n) is 5.16. The van der Waals surface area contributed by atoms with Crippen molar-refractivity contribution in [3.63, 3.8) is 0 Å². The molecule has 1 aliphatic rings. The van der Waals surface area contributed by atoms with Gasteiger partial charge in [0.2, 0.25) is 0 Å². The summed E-state index contributed by atoms with van der Waals surface area (Å²) in [5.74, 6) is 0.783. The minimum absolute atomic E-state index is 0.316. The number of piperidine rings is 1. The number of ketones is 1. The molecule has 0 saturated carbocycles. The molecule has 0 aromatic heterocycles. The molecule has 0 spiro atoms. The summed E-state index contributed by atoms with van der Waals surface area (Å²) >= 11 is 0. The van der Waals surface area contributed by atoms with Gasteiger partial charge in [-0.1, -0.05) is 37.3 Å². The molecule has 0 N–H and O–H groups in total. The van der Waals surface area contributed by atoms with E-state index in [1.54, 1.807) is 0 Å². The second kappa shape index (κ2) is 6.69. The third-order valence-corrected chi connectivity index (χ3v) is 3.99. The van der Waals surface area contributed by atoms with E-state index in [-0.39, 0.29) is 0 Å². The van der Waals surface area contributed by atoms with E-state index in [0.717, 1.165) is 38.9 Å². The number of nitrogens with zero attached hydrogens (tertiary/aromatic N) is 1. The first-order chi connectivity index (χ1) is 8.79. The van der Waals surface area contributed by atoms with Crippen molar-refractivity contribution in [3.8, 4) is 0 Å². The van der Waals surface area contributed by atoms with Crippen molar-refractivity contribution in [3.05, 3.63) is 35.9 Å². The van der Waals surface area contributed by atoms with Gasteiger partial charge in [0, 0.05) is 12.3 Å². The Hall–Kier alpha value is -1.15. The zero-order valence-corrected chi connectivity index (χ0v) is 11.3. The van der Waals surface area contributed by atoms with E-state index in [2.05, 4.69) is 24.0 Å². The monoisotopic (exact) mass is 245 g/mol. The van der Waals surface area contributed by atoms with Crippen molar-refractivity contribution in [2.24, 2.45) is 5.92 Å². The van der Waals surface area contributed by atoms with Gasteiger partial charge in [0.25, 0.3) is 0 Å². The molecule has 0 bridgehead atoms. The molecule has 0 amide bonds. The highest BCUT2D eigenvalue weighted by Gasteiger charge is 2.23. The SMILES string of the molecule is CCN1CCC(C(=O)CCc2ccccc2)CC1. The molecule has 0 unspecified atom stereocenters. The maximum atomic E-state index is 12.1. The van der Waals surface area contributed by atoms with Crippen molar-refractivity contribution in [2.45, 2.75) is 32.6 Å². The zero-order chi connectivity index (χ0) is 12.8. The van der Waals surface area contributed by atoms with E-state index < -0.39 is 0 Å². The van der Waals surface area contributed by atoms with Crippen molar-refractivity contribution in [1.29, 1.82) is 0 Å². The highest BCUT2D eigenvalue weighted by Crippen LogP contribution is 2.20. The lowest BCUT2D eigenvalue weighted by Gasteiger charge is -2.30. The number of rotatable bonds is 5. The molecule has 1 aromatic rings. The van der Waals surface area contributed by atoms with Crippen LogP contribution >= 0.6 is 0 Å². The predicted octanol–water partition coefficient (Wildman–Crippen LogP) is 2.92. The van der Waals surface area contributed by atoms with Gasteiger partial charge in [-0.05, 0) is 44.5 Å². The number of Topliss-reactive ketones (excluding diaryl/α,β-unsaturated/α-hetero) is 1. The average molecular weight is 245 g/mol. The Morgan fingerprint density at radius 3 is 2.50 bits per heavy atom. The Kier molecular flexibility index (Phi) is 4.94. The molecule has 1 fully saturated rings. The van der Waals surface area contributed by atoms with Gasteiger partial charge >= 0.3 is 0 Å². The number of benzene rings is 1. The minimum atomic E-state index is 0.316. The molecule has 2 heteroatoms. The molecule has 1 aromatic carbocycles. The topological polar surface area (TPSA) is 20.3 Å². The lowest BCUT2D eigenvalue weighted by atomic mass is 9.89. The van der Waals surface area contributed by atoms with Crippen LogP contribution in [0.4, 0.5) is 0 Å². The summed E-state index contributed by atoms with van der Waals surface area (Å²) in [6, 6.07) is 10.3. The van der Waals surface area contributed by atoms with Gasteiger partial charge < -0.3 is 4.90 Å². The average Bonchev–Trinajstić information content (AvgIpc) is 2.46. The van der Waals surface area contributed by atoms with Gasteiger partial charge in [-0.25, -0.2) is 0 Å². The van der Waals surface area contributed by atoms with Crippen LogP contribution in [0.2, 0.25) is 0 Å². The first-order valence-corrected chi connectivity index (χ1v) is 7.08. The maximum Gasteiger partial charge on any atom is 0.136 e. The van der Waals surface area contributed by atoms with Gasteiger partial charge in [0.15, 0.2) is 0 Å². The molecule has 1 aliphatic heterocycles. The summed E-state index contributed by atoms with van der Waals surface area (Å²) in [6.45, 7) is 5.50. The third kappa shape index (κ3) is 3.67. The Bertz CT molecular complexity index is 366. The molecular formula is C16H23NO. The molecule has 2 rings (SSSR count). The van der Waals surface area contributed by atoms with Crippen molar-refractivity contribution >= 4 is 5.78 Å². The molecule has 1 heterocycles. The second-order valence-corrected chi connectivity index (χ2v) is 5.16. The Morgan fingerprint density at radius 2 is 1.89 bits per heavy atom. The van der Waals surface area contributed by atoms with Crippen LogP contribution in [-0.4, -0.2) is 30.3 Å². The van der Waals surface area contributed by atoms with Crippen molar-refractivity contribution in [1.82, 2.24) is 4.90 Å². The highest BCUT2D eigenvalue weighted by atomic mass is 16.1. The summed E-state index contributed by atoms with van der Waals surface area (Å²) in [5.41, 5.74) is 1.27. The van der Waals surface area contributed by atoms with Crippen LogP contribution in [0.3, 0.4) is 0 Å². The summed E-state index contributed by atoms with van der Waals surface area (Å²) < 4.78 is 0. The largest absolute Gasteiger partial charge is 0.304 e. The molecule has 0 atom stereocenters. The molecule has 1 saturated heterocycles.